The first-order chi connectivity index (χ1) is 13.6. The second-order valence-corrected chi connectivity index (χ2v) is 6.16. The number of hydrogen-bond acceptors (Lipinski definition) is 2. The van der Waals surface area contributed by atoms with E-state index in [1.807, 2.05) is 52.1 Å². The molecule has 2 nitrogen and oxygen atoms in total. The van der Waals surface area contributed by atoms with E-state index in [4.69, 9.17) is 0 Å². The second kappa shape index (κ2) is 13.2. The Hall–Kier alpha value is -3.02. The zero-order valence-electron chi connectivity index (χ0n) is 17.6. The molecule has 0 saturated carbocycles. The molecule has 2 N–H and O–H groups in total. The van der Waals surface area contributed by atoms with Crippen LogP contribution in [0, 0.1) is 11.8 Å². The van der Waals surface area contributed by atoms with Crippen LogP contribution in [0.2, 0.25) is 0 Å². The van der Waals surface area contributed by atoms with Crippen LogP contribution in [0.1, 0.15) is 49.9 Å². The summed E-state index contributed by atoms with van der Waals surface area (Å²) >= 11 is 0. The zero-order chi connectivity index (χ0) is 20.8. The van der Waals surface area contributed by atoms with Crippen molar-refractivity contribution in [2.75, 3.05) is 6.54 Å². The van der Waals surface area contributed by atoms with Gasteiger partial charge in [-0.15, -0.1) is 0 Å². The van der Waals surface area contributed by atoms with Gasteiger partial charge in [0.1, 0.15) is 0 Å². The van der Waals surface area contributed by atoms with E-state index in [1.165, 1.54) is 5.56 Å². The van der Waals surface area contributed by atoms with Crippen LogP contribution in [0.5, 0.6) is 0 Å². The first kappa shape index (κ1) is 23.0. The van der Waals surface area contributed by atoms with Gasteiger partial charge in [0.2, 0.25) is 0 Å². The number of hydrogen-bond donors (Lipinski definition) is 2. The summed E-state index contributed by atoms with van der Waals surface area (Å²) in [6.45, 7) is 17.4. The fourth-order valence-corrected chi connectivity index (χ4v) is 2.30. The first-order valence-electron chi connectivity index (χ1n) is 9.71. The van der Waals surface area contributed by atoms with E-state index in [1.54, 1.807) is 0 Å². The van der Waals surface area contributed by atoms with Crippen LogP contribution in [-0.4, -0.2) is 6.54 Å². The van der Waals surface area contributed by atoms with E-state index in [0.717, 1.165) is 41.1 Å². The second-order valence-electron chi connectivity index (χ2n) is 6.16. The highest BCUT2D eigenvalue weighted by atomic mass is 14.9. The van der Waals surface area contributed by atoms with Gasteiger partial charge in [-0.25, -0.2) is 0 Å². The number of rotatable bonds is 7. The number of allylic oxidation sites excluding steroid dienone is 2. The lowest BCUT2D eigenvalue weighted by atomic mass is 10.1. The fraction of sp³-hybridized carbons (Fsp3) is 0.231. The van der Waals surface area contributed by atoms with E-state index >= 15 is 0 Å². The topological polar surface area (TPSA) is 24.1 Å². The van der Waals surface area contributed by atoms with Gasteiger partial charge in [-0.3, -0.25) is 0 Å². The molecule has 2 rings (SSSR count). The van der Waals surface area contributed by atoms with Gasteiger partial charge in [-0.2, -0.15) is 0 Å². The van der Waals surface area contributed by atoms with Gasteiger partial charge in [0.25, 0.3) is 0 Å². The molecule has 0 radical (unpaired) electrons. The van der Waals surface area contributed by atoms with Gasteiger partial charge in [0.05, 0.1) is 0 Å². The van der Waals surface area contributed by atoms with Crippen LogP contribution in [0.4, 0.5) is 0 Å². The molecule has 0 atom stereocenters. The Labute approximate surface area is 171 Å². The molecular formula is C26H32N2. The van der Waals surface area contributed by atoms with Crippen molar-refractivity contribution in [2.45, 2.75) is 34.2 Å². The third-order valence-electron chi connectivity index (χ3n) is 3.80. The van der Waals surface area contributed by atoms with Gasteiger partial charge in [-0.1, -0.05) is 74.8 Å². The van der Waals surface area contributed by atoms with Crippen molar-refractivity contribution in [3.8, 4) is 11.8 Å². The molecule has 0 aliphatic rings. The van der Waals surface area contributed by atoms with Gasteiger partial charge >= 0.3 is 0 Å². The van der Waals surface area contributed by atoms with Crippen molar-refractivity contribution in [2.24, 2.45) is 0 Å². The summed E-state index contributed by atoms with van der Waals surface area (Å²) < 4.78 is 0. The van der Waals surface area contributed by atoms with Crippen LogP contribution in [0.25, 0.3) is 5.57 Å². The Bertz CT molecular complexity index is 829. The minimum absolute atomic E-state index is 0.728. The van der Waals surface area contributed by atoms with Crippen molar-refractivity contribution < 1.29 is 0 Å². The minimum atomic E-state index is 0.728. The molecule has 0 spiro atoms. The van der Waals surface area contributed by atoms with Crippen LogP contribution in [-0.2, 0) is 6.54 Å². The summed E-state index contributed by atoms with van der Waals surface area (Å²) in [5.74, 6) is 6.41. The average molecular weight is 373 g/mol. The molecule has 2 aromatic rings. The summed E-state index contributed by atoms with van der Waals surface area (Å²) in [5.41, 5.74) is 6.40. The smallest absolute Gasteiger partial charge is 0.0354 e. The Balaban J connectivity index is 0.00000190. The van der Waals surface area contributed by atoms with Crippen molar-refractivity contribution >= 4 is 5.57 Å². The normalized spacial score (nSPS) is 9.71. The van der Waals surface area contributed by atoms with Crippen LogP contribution in [0.3, 0.4) is 0 Å². The maximum Gasteiger partial charge on any atom is 0.0354 e. The molecule has 2 aromatic carbocycles. The van der Waals surface area contributed by atoms with E-state index in [-0.39, 0.29) is 0 Å². The van der Waals surface area contributed by atoms with Crippen LogP contribution >= 0.6 is 0 Å². The summed E-state index contributed by atoms with van der Waals surface area (Å²) in [6, 6.07) is 16.5. The van der Waals surface area contributed by atoms with E-state index < -0.39 is 0 Å². The molecule has 0 fully saturated rings. The summed E-state index contributed by atoms with van der Waals surface area (Å²) in [5, 5.41) is 6.47. The molecule has 0 aliphatic heterocycles. The summed E-state index contributed by atoms with van der Waals surface area (Å²) in [7, 11) is 0. The highest BCUT2D eigenvalue weighted by Gasteiger charge is 1.95. The van der Waals surface area contributed by atoms with E-state index in [9.17, 15) is 0 Å². The lowest BCUT2D eigenvalue weighted by Crippen LogP contribution is -2.21. The highest BCUT2D eigenvalue weighted by Crippen LogP contribution is 2.12. The molecule has 146 valence electrons. The number of nitrogens with one attached hydrogen (secondary N) is 2. The first-order valence-corrected chi connectivity index (χ1v) is 9.71. The largest absolute Gasteiger partial charge is 0.365 e. The average Bonchev–Trinajstić information content (AvgIpc) is 2.73. The highest BCUT2D eigenvalue weighted by molar-refractivity contribution is 5.62. The van der Waals surface area contributed by atoms with E-state index in [0.29, 0.717) is 0 Å². The minimum Gasteiger partial charge on any atom is -0.365 e. The van der Waals surface area contributed by atoms with E-state index in [2.05, 4.69) is 72.0 Å². The molecule has 0 aromatic heterocycles. The standard InChI is InChI=1S/C24H26N2.C2H6/c1-5-16-26-20(4)17-25-18-23-10-8-21(9-11-23)6-7-22-12-14-24(15-13-22)19(2)3;1-2/h5,8-16,25-26H,2,4,17-18H2,1,3H3;1-2H3/b16-5-;. The molecule has 0 bridgehead atoms. The Kier molecular flexibility index (Phi) is 10.8. The molecule has 0 unspecified atom stereocenters. The van der Waals surface area contributed by atoms with Crippen molar-refractivity contribution in [1.29, 1.82) is 0 Å². The zero-order valence-corrected chi connectivity index (χ0v) is 17.6. The van der Waals surface area contributed by atoms with Crippen LogP contribution in [0.15, 0.2) is 79.7 Å². The van der Waals surface area contributed by atoms with Gasteiger partial charge in [0, 0.05) is 29.9 Å². The molecule has 0 heterocycles. The third-order valence-corrected chi connectivity index (χ3v) is 3.80. The van der Waals surface area contributed by atoms with Crippen molar-refractivity contribution in [3.05, 3.63) is 102 Å². The molecule has 0 aliphatic carbocycles. The quantitative estimate of drug-likeness (QED) is 0.594. The van der Waals surface area contributed by atoms with Crippen LogP contribution < -0.4 is 10.6 Å². The monoisotopic (exact) mass is 372 g/mol. The summed E-state index contributed by atoms with van der Waals surface area (Å²) in [4.78, 5) is 0. The van der Waals surface area contributed by atoms with Gasteiger partial charge < -0.3 is 10.6 Å². The Morgan fingerprint density at radius 1 is 0.929 bits per heavy atom. The Morgan fingerprint density at radius 2 is 1.46 bits per heavy atom. The predicted molar refractivity (Wildman–Crippen MR) is 124 cm³/mol. The SMILES string of the molecule is C=C(CNCc1ccc(C#Cc2ccc(C(=C)C)cc2)cc1)N/C=C\C.CC. The molecule has 0 saturated heterocycles. The molecule has 28 heavy (non-hydrogen) atoms. The van der Waals surface area contributed by atoms with Crippen molar-refractivity contribution in [1.82, 2.24) is 10.6 Å². The lowest BCUT2D eigenvalue weighted by molar-refractivity contribution is 0.720. The fourth-order valence-electron chi connectivity index (χ4n) is 2.30. The maximum atomic E-state index is 3.96. The maximum absolute atomic E-state index is 3.96. The number of benzene rings is 2. The predicted octanol–water partition coefficient (Wildman–Crippen LogP) is 5.87. The lowest BCUT2D eigenvalue weighted by Gasteiger charge is -2.07. The third kappa shape index (κ3) is 8.58. The van der Waals surface area contributed by atoms with Gasteiger partial charge in [-0.05, 0) is 55.4 Å². The van der Waals surface area contributed by atoms with Crippen molar-refractivity contribution in [3.63, 3.8) is 0 Å². The molecular weight excluding hydrogens is 340 g/mol. The van der Waals surface area contributed by atoms with Gasteiger partial charge in [0.15, 0.2) is 0 Å². The molecule has 2 heteroatoms. The summed E-state index contributed by atoms with van der Waals surface area (Å²) in [6.07, 6.45) is 3.82. The molecule has 0 amide bonds. The Morgan fingerprint density at radius 3 is 1.96 bits per heavy atom.